The molecule has 2 nitrogen and oxygen atoms in total. The first kappa shape index (κ1) is 16.3. The average molecular weight is 339 g/mol. The predicted molar refractivity (Wildman–Crippen MR) is 110 cm³/mol. The molecule has 2 heteroatoms. The summed E-state index contributed by atoms with van der Waals surface area (Å²) in [6, 6.07) is 29.8. The fourth-order valence-electron chi connectivity index (χ4n) is 3.59. The van der Waals surface area contributed by atoms with E-state index in [-0.39, 0.29) is 0 Å². The van der Waals surface area contributed by atoms with E-state index in [1.54, 1.807) is 7.11 Å². The highest BCUT2D eigenvalue weighted by Gasteiger charge is 2.09. The van der Waals surface area contributed by atoms with E-state index in [9.17, 15) is 0 Å². The highest BCUT2D eigenvalue weighted by Crippen LogP contribution is 2.22. The SMILES string of the molecule is CON=C(Cc1cccc2ccccc12)Cc1cccc2ccccc12. The zero-order valence-electron chi connectivity index (χ0n) is 14.9. The maximum absolute atomic E-state index is 5.16. The Morgan fingerprint density at radius 2 is 1.12 bits per heavy atom. The fraction of sp³-hybridized carbons (Fsp3) is 0.125. The minimum absolute atomic E-state index is 0.776. The first-order chi connectivity index (χ1) is 12.8. The molecule has 0 spiro atoms. The van der Waals surface area contributed by atoms with Crippen molar-refractivity contribution >= 4 is 27.3 Å². The highest BCUT2D eigenvalue weighted by atomic mass is 16.6. The van der Waals surface area contributed by atoms with Crippen LogP contribution in [0, 0.1) is 0 Å². The minimum Gasteiger partial charge on any atom is -0.399 e. The summed E-state index contributed by atoms with van der Waals surface area (Å²) < 4.78 is 0. The Hall–Kier alpha value is -3.13. The minimum atomic E-state index is 0.776. The van der Waals surface area contributed by atoms with Gasteiger partial charge in [-0.25, -0.2) is 0 Å². The highest BCUT2D eigenvalue weighted by molar-refractivity contribution is 5.96. The number of hydrogen-bond acceptors (Lipinski definition) is 2. The molecule has 4 aromatic rings. The first-order valence-corrected chi connectivity index (χ1v) is 8.87. The monoisotopic (exact) mass is 339 g/mol. The van der Waals surface area contributed by atoms with Crippen LogP contribution in [0.5, 0.6) is 0 Å². The lowest BCUT2D eigenvalue weighted by Crippen LogP contribution is -2.09. The maximum Gasteiger partial charge on any atom is 0.106 e. The molecule has 128 valence electrons. The van der Waals surface area contributed by atoms with Crippen molar-refractivity contribution in [2.75, 3.05) is 7.11 Å². The summed E-state index contributed by atoms with van der Waals surface area (Å²) in [6.45, 7) is 0. The van der Waals surface area contributed by atoms with Gasteiger partial charge in [-0.2, -0.15) is 0 Å². The zero-order chi connectivity index (χ0) is 17.8. The summed E-state index contributed by atoms with van der Waals surface area (Å²) in [5.74, 6) is 0. The van der Waals surface area contributed by atoms with Gasteiger partial charge in [0.1, 0.15) is 7.11 Å². The van der Waals surface area contributed by atoms with Crippen LogP contribution in [0.25, 0.3) is 21.5 Å². The third-order valence-electron chi connectivity index (χ3n) is 4.77. The Balaban J connectivity index is 1.69. The first-order valence-electron chi connectivity index (χ1n) is 8.87. The molecular formula is C24H21NO. The summed E-state index contributed by atoms with van der Waals surface area (Å²) in [5, 5.41) is 9.41. The Bertz CT molecular complexity index is 988. The largest absolute Gasteiger partial charge is 0.399 e. The number of rotatable bonds is 5. The summed E-state index contributed by atoms with van der Waals surface area (Å²) >= 11 is 0. The van der Waals surface area contributed by atoms with Gasteiger partial charge in [0.15, 0.2) is 0 Å². The molecule has 0 saturated carbocycles. The third kappa shape index (κ3) is 3.31. The van der Waals surface area contributed by atoms with Crippen molar-refractivity contribution in [1.82, 2.24) is 0 Å². The van der Waals surface area contributed by atoms with Crippen LogP contribution in [0.15, 0.2) is 90.1 Å². The fourth-order valence-corrected chi connectivity index (χ4v) is 3.59. The van der Waals surface area contributed by atoms with Crippen molar-refractivity contribution in [3.8, 4) is 0 Å². The predicted octanol–water partition coefficient (Wildman–Crippen LogP) is 5.78. The van der Waals surface area contributed by atoms with Gasteiger partial charge in [0.2, 0.25) is 0 Å². The van der Waals surface area contributed by atoms with Crippen LogP contribution >= 0.6 is 0 Å². The Labute approximate surface area is 153 Å². The van der Waals surface area contributed by atoms with Crippen LogP contribution in [-0.4, -0.2) is 12.8 Å². The topological polar surface area (TPSA) is 21.6 Å². The molecule has 0 radical (unpaired) electrons. The molecule has 0 heterocycles. The van der Waals surface area contributed by atoms with Crippen LogP contribution in [0.1, 0.15) is 11.1 Å². The van der Waals surface area contributed by atoms with Gasteiger partial charge >= 0.3 is 0 Å². The van der Waals surface area contributed by atoms with Gasteiger partial charge < -0.3 is 4.84 Å². The van der Waals surface area contributed by atoms with Crippen molar-refractivity contribution in [3.63, 3.8) is 0 Å². The van der Waals surface area contributed by atoms with Crippen molar-refractivity contribution < 1.29 is 4.84 Å². The molecule has 0 aliphatic rings. The number of oxime groups is 1. The van der Waals surface area contributed by atoms with Crippen LogP contribution < -0.4 is 0 Å². The Kier molecular flexibility index (Phi) is 4.65. The number of nitrogens with zero attached hydrogens (tertiary/aromatic N) is 1. The normalized spacial score (nSPS) is 10.8. The number of benzene rings is 4. The lowest BCUT2D eigenvalue weighted by atomic mass is 9.95. The number of hydrogen-bond donors (Lipinski definition) is 0. The van der Waals surface area contributed by atoms with E-state index >= 15 is 0 Å². The molecule has 0 aromatic heterocycles. The second-order valence-corrected chi connectivity index (χ2v) is 6.47. The molecule has 26 heavy (non-hydrogen) atoms. The lowest BCUT2D eigenvalue weighted by molar-refractivity contribution is 0.212. The Morgan fingerprint density at radius 1 is 0.654 bits per heavy atom. The maximum atomic E-state index is 5.16. The average Bonchev–Trinajstić information content (AvgIpc) is 2.69. The van der Waals surface area contributed by atoms with E-state index in [1.807, 2.05) is 0 Å². The van der Waals surface area contributed by atoms with Crippen LogP contribution in [0.3, 0.4) is 0 Å². The molecule has 0 N–H and O–H groups in total. The molecule has 0 atom stereocenters. The molecule has 4 rings (SSSR count). The van der Waals surface area contributed by atoms with E-state index < -0.39 is 0 Å². The van der Waals surface area contributed by atoms with E-state index in [1.165, 1.54) is 32.7 Å². The second kappa shape index (κ2) is 7.40. The molecule has 0 saturated heterocycles. The van der Waals surface area contributed by atoms with Gasteiger partial charge in [0.25, 0.3) is 0 Å². The van der Waals surface area contributed by atoms with Crippen molar-refractivity contribution in [1.29, 1.82) is 0 Å². The Morgan fingerprint density at radius 3 is 1.62 bits per heavy atom. The van der Waals surface area contributed by atoms with Crippen LogP contribution in [-0.2, 0) is 17.7 Å². The standard InChI is InChI=1S/C24H21NO/c1-26-25-22(16-20-12-6-10-18-8-2-4-14-23(18)20)17-21-13-7-11-19-9-3-5-15-24(19)21/h2-15H,16-17H2,1H3. The zero-order valence-corrected chi connectivity index (χ0v) is 14.9. The van der Waals surface area contributed by atoms with Crippen LogP contribution in [0.2, 0.25) is 0 Å². The summed E-state index contributed by atoms with van der Waals surface area (Å²) in [4.78, 5) is 5.16. The van der Waals surface area contributed by atoms with Gasteiger partial charge in [0, 0.05) is 12.8 Å². The molecule has 0 fully saturated rings. The van der Waals surface area contributed by atoms with Crippen LogP contribution in [0.4, 0.5) is 0 Å². The smallest absolute Gasteiger partial charge is 0.106 e. The molecular weight excluding hydrogens is 318 g/mol. The lowest BCUT2D eigenvalue weighted by Gasteiger charge is -2.11. The second-order valence-electron chi connectivity index (χ2n) is 6.47. The molecule has 4 aromatic carbocycles. The van der Waals surface area contributed by atoms with Crippen molar-refractivity contribution in [2.24, 2.45) is 5.16 Å². The van der Waals surface area contributed by atoms with Crippen molar-refractivity contribution in [3.05, 3.63) is 96.1 Å². The van der Waals surface area contributed by atoms with Gasteiger partial charge in [-0.1, -0.05) is 90.1 Å². The summed E-state index contributed by atoms with van der Waals surface area (Å²) in [5.41, 5.74) is 3.58. The molecule has 0 unspecified atom stereocenters. The molecule has 0 amide bonds. The van der Waals surface area contributed by atoms with Gasteiger partial charge in [0.05, 0.1) is 5.71 Å². The number of fused-ring (bicyclic) bond motifs is 2. The van der Waals surface area contributed by atoms with E-state index in [2.05, 4.69) is 90.1 Å². The third-order valence-corrected chi connectivity index (χ3v) is 4.77. The van der Waals surface area contributed by atoms with Gasteiger partial charge in [-0.15, -0.1) is 0 Å². The quantitative estimate of drug-likeness (QED) is 0.333. The molecule has 0 aliphatic heterocycles. The molecule has 0 aliphatic carbocycles. The summed E-state index contributed by atoms with van der Waals surface area (Å²) in [7, 11) is 1.62. The van der Waals surface area contributed by atoms with Gasteiger partial charge in [-0.3, -0.25) is 0 Å². The van der Waals surface area contributed by atoms with E-state index in [4.69, 9.17) is 4.84 Å². The van der Waals surface area contributed by atoms with Crippen molar-refractivity contribution in [2.45, 2.75) is 12.8 Å². The van der Waals surface area contributed by atoms with E-state index in [0.29, 0.717) is 0 Å². The van der Waals surface area contributed by atoms with E-state index in [0.717, 1.165) is 18.6 Å². The van der Waals surface area contributed by atoms with Gasteiger partial charge in [-0.05, 0) is 32.7 Å². The summed E-state index contributed by atoms with van der Waals surface area (Å²) in [6.07, 6.45) is 1.55. The molecule has 0 bridgehead atoms.